The minimum absolute atomic E-state index is 0.165. The van der Waals surface area contributed by atoms with Crippen molar-refractivity contribution in [2.24, 2.45) is 4.99 Å². The van der Waals surface area contributed by atoms with E-state index in [9.17, 15) is 4.79 Å². The van der Waals surface area contributed by atoms with Crippen LogP contribution in [0.4, 0.5) is 0 Å². The third kappa shape index (κ3) is 6.88. The molecule has 0 aliphatic carbocycles. The molecule has 1 amide bonds. The van der Waals surface area contributed by atoms with Crippen LogP contribution in [0.25, 0.3) is 0 Å². The lowest BCUT2D eigenvalue weighted by Crippen LogP contribution is -2.50. The largest absolute Gasteiger partial charge is 0.356 e. The van der Waals surface area contributed by atoms with E-state index in [1.807, 2.05) is 11.0 Å². The van der Waals surface area contributed by atoms with Gasteiger partial charge in [-0.15, -0.1) is 0 Å². The van der Waals surface area contributed by atoms with E-state index in [4.69, 9.17) is 11.6 Å². The Morgan fingerprint density at radius 1 is 1.24 bits per heavy atom. The maximum Gasteiger partial charge on any atom is 0.219 e. The summed E-state index contributed by atoms with van der Waals surface area (Å²) in [5.74, 6) is 0.961. The molecule has 0 radical (unpaired) electrons. The normalized spacial score (nSPS) is 16.0. The smallest absolute Gasteiger partial charge is 0.219 e. The topological polar surface area (TPSA) is 72.9 Å². The fourth-order valence-electron chi connectivity index (χ4n) is 2.72. The molecule has 0 aromatic carbocycles. The van der Waals surface area contributed by atoms with Gasteiger partial charge in [-0.1, -0.05) is 17.7 Å². The average Bonchev–Trinajstić information content (AvgIpc) is 2.62. The molecule has 0 unspecified atom stereocenters. The molecular formula is C17H27ClN6O. The van der Waals surface area contributed by atoms with E-state index in [-0.39, 0.29) is 5.91 Å². The summed E-state index contributed by atoms with van der Waals surface area (Å²) in [6.07, 6.45) is 2.65. The number of nitrogens with zero attached hydrogens (tertiary/aromatic N) is 4. The zero-order valence-electron chi connectivity index (χ0n) is 15.0. The highest BCUT2D eigenvalue weighted by atomic mass is 35.5. The Morgan fingerprint density at radius 2 is 1.96 bits per heavy atom. The predicted octanol–water partition coefficient (Wildman–Crippen LogP) is 0.607. The highest BCUT2D eigenvalue weighted by Crippen LogP contribution is 2.05. The van der Waals surface area contributed by atoms with Gasteiger partial charge in [0.1, 0.15) is 5.15 Å². The molecule has 7 nitrogen and oxygen atoms in total. The van der Waals surface area contributed by atoms with Gasteiger partial charge in [-0.2, -0.15) is 0 Å². The number of guanidine groups is 1. The first-order valence-corrected chi connectivity index (χ1v) is 8.99. The highest BCUT2D eigenvalue weighted by Gasteiger charge is 2.17. The van der Waals surface area contributed by atoms with Gasteiger partial charge in [0.25, 0.3) is 0 Å². The number of rotatable bonds is 6. The van der Waals surface area contributed by atoms with Crippen LogP contribution >= 0.6 is 11.6 Å². The van der Waals surface area contributed by atoms with Crippen molar-refractivity contribution in [2.45, 2.75) is 13.3 Å². The number of carbonyl (C=O) groups excluding carboxylic acids is 1. The standard InChI is InChI=1S/C17H27ClN6O/c1-14(25)24-11-9-23(10-12-24)8-7-21-17(19-2)20-6-5-15-3-4-16(18)22-13-15/h3-4,13H,5-12H2,1-2H3,(H2,19,20,21). The molecule has 1 fully saturated rings. The summed E-state index contributed by atoms with van der Waals surface area (Å²) in [4.78, 5) is 23.9. The lowest BCUT2D eigenvalue weighted by molar-refractivity contribution is -0.130. The molecule has 1 aromatic rings. The van der Waals surface area contributed by atoms with E-state index >= 15 is 0 Å². The quantitative estimate of drug-likeness (QED) is 0.438. The van der Waals surface area contributed by atoms with Gasteiger partial charge in [0.2, 0.25) is 5.91 Å². The highest BCUT2D eigenvalue weighted by molar-refractivity contribution is 6.29. The molecule has 25 heavy (non-hydrogen) atoms. The molecule has 0 saturated carbocycles. The van der Waals surface area contributed by atoms with Gasteiger partial charge >= 0.3 is 0 Å². The maximum absolute atomic E-state index is 11.3. The van der Waals surface area contributed by atoms with Crippen LogP contribution in [-0.2, 0) is 11.2 Å². The van der Waals surface area contributed by atoms with E-state index in [0.717, 1.165) is 63.8 Å². The molecule has 2 N–H and O–H groups in total. The molecular weight excluding hydrogens is 340 g/mol. The number of halogens is 1. The minimum Gasteiger partial charge on any atom is -0.356 e. The molecule has 138 valence electrons. The number of carbonyl (C=O) groups is 1. The average molecular weight is 367 g/mol. The number of hydrogen-bond donors (Lipinski definition) is 2. The first-order valence-electron chi connectivity index (χ1n) is 8.61. The number of aliphatic imine (C=N–C) groups is 1. The Bertz CT molecular complexity index is 569. The van der Waals surface area contributed by atoms with Gasteiger partial charge in [0.15, 0.2) is 5.96 Å². The van der Waals surface area contributed by atoms with E-state index < -0.39 is 0 Å². The van der Waals surface area contributed by atoms with Gasteiger partial charge in [-0.05, 0) is 18.1 Å². The second-order valence-corrected chi connectivity index (χ2v) is 6.40. The first kappa shape index (κ1) is 19.5. The molecule has 1 aliphatic heterocycles. The number of amides is 1. The van der Waals surface area contributed by atoms with Crippen LogP contribution in [0.15, 0.2) is 23.3 Å². The van der Waals surface area contributed by atoms with E-state index in [0.29, 0.717) is 5.15 Å². The second kappa shape index (κ2) is 10.2. The van der Waals surface area contributed by atoms with Crippen molar-refractivity contribution in [1.82, 2.24) is 25.4 Å². The van der Waals surface area contributed by atoms with Crippen molar-refractivity contribution < 1.29 is 4.79 Å². The summed E-state index contributed by atoms with van der Waals surface area (Å²) in [5.41, 5.74) is 1.13. The first-order chi connectivity index (χ1) is 12.1. The van der Waals surface area contributed by atoms with Crippen molar-refractivity contribution in [3.63, 3.8) is 0 Å². The lowest BCUT2D eigenvalue weighted by Gasteiger charge is -2.34. The van der Waals surface area contributed by atoms with Gasteiger partial charge in [0.05, 0.1) is 0 Å². The number of nitrogens with one attached hydrogen (secondary N) is 2. The molecule has 0 spiro atoms. The number of piperazine rings is 1. The molecule has 8 heteroatoms. The maximum atomic E-state index is 11.3. The van der Waals surface area contributed by atoms with Crippen LogP contribution in [0.3, 0.4) is 0 Å². The number of aromatic nitrogens is 1. The molecule has 1 saturated heterocycles. The van der Waals surface area contributed by atoms with Gasteiger partial charge in [0, 0.05) is 66.0 Å². The molecule has 2 rings (SSSR count). The fourth-order valence-corrected chi connectivity index (χ4v) is 2.83. The third-order valence-electron chi connectivity index (χ3n) is 4.26. The summed E-state index contributed by atoms with van der Waals surface area (Å²) < 4.78 is 0. The fraction of sp³-hybridized carbons (Fsp3) is 0.588. The summed E-state index contributed by atoms with van der Waals surface area (Å²) in [5, 5.41) is 7.14. The molecule has 2 heterocycles. The Balaban J connectivity index is 1.60. The second-order valence-electron chi connectivity index (χ2n) is 6.01. The minimum atomic E-state index is 0.165. The van der Waals surface area contributed by atoms with Crippen LogP contribution in [0.5, 0.6) is 0 Å². The van der Waals surface area contributed by atoms with Crippen LogP contribution < -0.4 is 10.6 Å². The summed E-state index contributed by atoms with van der Waals surface area (Å²) in [6, 6.07) is 3.78. The van der Waals surface area contributed by atoms with Crippen LogP contribution in [0.1, 0.15) is 12.5 Å². The van der Waals surface area contributed by atoms with Crippen molar-refractivity contribution in [3.8, 4) is 0 Å². The van der Waals surface area contributed by atoms with E-state index in [2.05, 4.69) is 25.5 Å². The molecule has 0 atom stereocenters. The zero-order chi connectivity index (χ0) is 18.1. The van der Waals surface area contributed by atoms with Crippen LogP contribution in [-0.4, -0.2) is 79.5 Å². The van der Waals surface area contributed by atoms with Gasteiger partial charge in [-0.25, -0.2) is 4.98 Å². The van der Waals surface area contributed by atoms with Crippen molar-refractivity contribution >= 4 is 23.5 Å². The summed E-state index contributed by atoms with van der Waals surface area (Å²) in [7, 11) is 1.77. The zero-order valence-corrected chi connectivity index (χ0v) is 15.7. The van der Waals surface area contributed by atoms with Crippen molar-refractivity contribution in [1.29, 1.82) is 0 Å². The molecule has 1 aromatic heterocycles. The Labute approximate surface area is 154 Å². The summed E-state index contributed by atoms with van der Waals surface area (Å²) in [6.45, 7) is 7.66. The van der Waals surface area contributed by atoms with Crippen LogP contribution in [0.2, 0.25) is 5.15 Å². The van der Waals surface area contributed by atoms with Crippen LogP contribution in [0, 0.1) is 0 Å². The van der Waals surface area contributed by atoms with Crippen molar-refractivity contribution in [2.75, 3.05) is 52.9 Å². The van der Waals surface area contributed by atoms with Gasteiger partial charge < -0.3 is 15.5 Å². The van der Waals surface area contributed by atoms with Gasteiger partial charge in [-0.3, -0.25) is 14.7 Å². The lowest BCUT2D eigenvalue weighted by atomic mass is 10.2. The predicted molar refractivity (Wildman–Crippen MR) is 101 cm³/mol. The molecule has 0 bridgehead atoms. The van der Waals surface area contributed by atoms with E-state index in [1.54, 1.807) is 26.2 Å². The number of pyridine rings is 1. The molecule has 1 aliphatic rings. The Morgan fingerprint density at radius 3 is 2.56 bits per heavy atom. The Kier molecular flexibility index (Phi) is 7.94. The van der Waals surface area contributed by atoms with Crippen molar-refractivity contribution in [3.05, 3.63) is 29.0 Å². The summed E-state index contributed by atoms with van der Waals surface area (Å²) >= 11 is 5.78. The Hall–Kier alpha value is -1.86. The SMILES string of the molecule is CN=C(NCCc1ccc(Cl)nc1)NCCN1CCN(C(C)=O)CC1. The number of hydrogen-bond acceptors (Lipinski definition) is 4. The third-order valence-corrected chi connectivity index (χ3v) is 4.48. The van der Waals surface area contributed by atoms with E-state index in [1.165, 1.54) is 0 Å². The monoisotopic (exact) mass is 366 g/mol.